The van der Waals surface area contributed by atoms with Crippen LogP contribution in [0.25, 0.3) is 0 Å². The van der Waals surface area contributed by atoms with E-state index >= 15 is 0 Å². The van der Waals surface area contributed by atoms with Gasteiger partial charge in [-0.25, -0.2) is 0 Å². The highest BCUT2D eigenvalue weighted by Crippen LogP contribution is 2.17. The van der Waals surface area contributed by atoms with E-state index in [4.69, 9.17) is 0 Å². The van der Waals surface area contributed by atoms with Gasteiger partial charge in [-0.2, -0.15) is 0 Å². The third kappa shape index (κ3) is 7.89. The molecule has 0 aliphatic carbocycles. The third-order valence-corrected chi connectivity index (χ3v) is 2.21. The van der Waals surface area contributed by atoms with Crippen molar-refractivity contribution in [2.45, 2.75) is 53.4 Å². The molecule has 1 N–H and O–H groups in total. The average molecular weight is 185 g/mol. The van der Waals surface area contributed by atoms with Gasteiger partial charge in [0.05, 0.1) is 0 Å². The van der Waals surface area contributed by atoms with Crippen LogP contribution in [0.15, 0.2) is 12.3 Å². The van der Waals surface area contributed by atoms with Crippen molar-refractivity contribution in [2.75, 3.05) is 7.05 Å². The monoisotopic (exact) mass is 185 g/mol. The van der Waals surface area contributed by atoms with Crippen molar-refractivity contribution in [2.24, 2.45) is 5.92 Å². The zero-order valence-corrected chi connectivity index (χ0v) is 10.1. The van der Waals surface area contributed by atoms with Gasteiger partial charge in [0.1, 0.15) is 0 Å². The fourth-order valence-corrected chi connectivity index (χ4v) is 1.28. The van der Waals surface area contributed by atoms with Gasteiger partial charge in [-0.3, -0.25) is 0 Å². The van der Waals surface area contributed by atoms with E-state index in [0.29, 0.717) is 5.92 Å². The Bertz CT molecular complexity index is 108. The minimum absolute atomic E-state index is 0.681. The summed E-state index contributed by atoms with van der Waals surface area (Å²) in [6.45, 7) is 12.4. The predicted molar refractivity (Wildman–Crippen MR) is 62.9 cm³/mol. The Hall–Kier alpha value is -0.460. The van der Waals surface area contributed by atoms with Crippen LogP contribution in [0.1, 0.15) is 53.4 Å². The van der Waals surface area contributed by atoms with Crippen LogP contribution >= 0.6 is 0 Å². The Morgan fingerprint density at radius 2 is 1.85 bits per heavy atom. The van der Waals surface area contributed by atoms with Gasteiger partial charge in [0.15, 0.2) is 0 Å². The van der Waals surface area contributed by atoms with Gasteiger partial charge >= 0.3 is 0 Å². The Balaban J connectivity index is 0. The van der Waals surface area contributed by atoms with E-state index < -0.39 is 0 Å². The summed E-state index contributed by atoms with van der Waals surface area (Å²) in [7, 11) is 1.96. The summed E-state index contributed by atoms with van der Waals surface area (Å²) in [6.07, 6.45) is 5.10. The lowest BCUT2D eigenvalue weighted by atomic mass is 9.96. The second-order valence-electron chi connectivity index (χ2n) is 3.02. The average Bonchev–Trinajstić information content (AvgIpc) is 2.21. The van der Waals surface area contributed by atoms with E-state index in [9.17, 15) is 0 Å². The Morgan fingerprint density at radius 1 is 1.31 bits per heavy atom. The first kappa shape index (κ1) is 15.0. The van der Waals surface area contributed by atoms with Gasteiger partial charge in [0.25, 0.3) is 0 Å². The molecule has 0 saturated carbocycles. The van der Waals surface area contributed by atoms with E-state index in [2.05, 4.69) is 25.7 Å². The molecule has 1 nitrogen and oxygen atoms in total. The number of hydrogen-bond donors (Lipinski definition) is 1. The molecule has 0 saturated heterocycles. The molecule has 0 aromatic rings. The number of unbranched alkanes of at least 4 members (excludes halogenated alkanes) is 1. The first-order valence-corrected chi connectivity index (χ1v) is 5.62. The summed E-state index contributed by atoms with van der Waals surface area (Å²) >= 11 is 0. The van der Waals surface area contributed by atoms with Crippen LogP contribution < -0.4 is 5.32 Å². The fraction of sp³-hybridized carbons (Fsp3) is 0.833. The molecular weight excluding hydrogens is 158 g/mol. The summed E-state index contributed by atoms with van der Waals surface area (Å²) in [4.78, 5) is 0. The molecule has 0 aliphatic heterocycles. The van der Waals surface area contributed by atoms with Crippen molar-refractivity contribution < 1.29 is 0 Å². The van der Waals surface area contributed by atoms with E-state index in [1.54, 1.807) is 0 Å². The van der Waals surface area contributed by atoms with Crippen LogP contribution in [-0.2, 0) is 0 Å². The molecule has 0 amide bonds. The maximum absolute atomic E-state index is 3.99. The Kier molecular flexibility index (Phi) is 13.3. The highest BCUT2D eigenvalue weighted by molar-refractivity contribution is 4.96. The zero-order chi connectivity index (χ0) is 10.7. The minimum atomic E-state index is 0.681. The lowest BCUT2D eigenvalue weighted by Gasteiger charge is -2.16. The van der Waals surface area contributed by atoms with E-state index in [0.717, 1.165) is 0 Å². The van der Waals surface area contributed by atoms with Gasteiger partial charge in [0, 0.05) is 12.7 Å². The lowest BCUT2D eigenvalue weighted by molar-refractivity contribution is 0.495. The van der Waals surface area contributed by atoms with Crippen LogP contribution in [-0.4, -0.2) is 7.05 Å². The van der Waals surface area contributed by atoms with Crippen molar-refractivity contribution in [3.8, 4) is 0 Å². The smallest absolute Gasteiger partial charge is 0.00624 e. The summed E-state index contributed by atoms with van der Waals surface area (Å²) in [6, 6.07) is 0. The van der Waals surface area contributed by atoms with E-state index in [1.165, 1.54) is 31.4 Å². The Labute approximate surface area is 84.6 Å². The number of nitrogens with one attached hydrogen (secondary N) is 1. The number of rotatable bonds is 6. The van der Waals surface area contributed by atoms with Gasteiger partial charge in [-0.05, 0) is 18.8 Å². The molecule has 0 fully saturated rings. The molecule has 1 heteroatoms. The highest BCUT2D eigenvalue weighted by Gasteiger charge is 2.07. The largest absolute Gasteiger partial charge is 0.392 e. The normalized spacial score (nSPS) is 11.2. The molecule has 0 aliphatic rings. The molecule has 0 radical (unpaired) electrons. The second-order valence-corrected chi connectivity index (χ2v) is 3.02. The third-order valence-electron chi connectivity index (χ3n) is 2.21. The quantitative estimate of drug-likeness (QED) is 0.660. The summed E-state index contributed by atoms with van der Waals surface area (Å²) in [5, 5.41) is 3.13. The van der Waals surface area contributed by atoms with Gasteiger partial charge < -0.3 is 5.32 Å². The predicted octanol–water partition coefficient (Wildman–Crippen LogP) is 3.96. The number of hydrogen-bond acceptors (Lipinski definition) is 1. The molecule has 1 unspecified atom stereocenters. The van der Waals surface area contributed by atoms with E-state index in [-0.39, 0.29) is 0 Å². The van der Waals surface area contributed by atoms with Crippen LogP contribution in [0.2, 0.25) is 0 Å². The standard InChI is InChI=1S/C10H21N.C2H6/c1-5-7-8-10(6-2)9(3)11-4;1-2/h10-11H,3,5-8H2,1-2,4H3;1-2H3. The van der Waals surface area contributed by atoms with Gasteiger partial charge in [-0.15, -0.1) is 0 Å². The minimum Gasteiger partial charge on any atom is -0.392 e. The first-order chi connectivity index (χ1) is 6.26. The van der Waals surface area contributed by atoms with Crippen molar-refractivity contribution in [1.82, 2.24) is 5.32 Å². The molecule has 1 atom stereocenters. The van der Waals surface area contributed by atoms with Crippen molar-refractivity contribution >= 4 is 0 Å². The van der Waals surface area contributed by atoms with Gasteiger partial charge in [0.2, 0.25) is 0 Å². The topological polar surface area (TPSA) is 12.0 Å². The highest BCUT2D eigenvalue weighted by atomic mass is 14.8. The molecule has 0 spiro atoms. The molecule has 80 valence electrons. The SMILES string of the molecule is C=C(NC)C(CC)CCCC.CC. The molecule has 0 aromatic carbocycles. The second kappa shape index (κ2) is 11.5. The Morgan fingerprint density at radius 3 is 2.15 bits per heavy atom. The van der Waals surface area contributed by atoms with Gasteiger partial charge in [-0.1, -0.05) is 47.1 Å². The number of allylic oxidation sites excluding steroid dienone is 1. The first-order valence-electron chi connectivity index (χ1n) is 5.62. The van der Waals surface area contributed by atoms with Crippen LogP contribution in [0.3, 0.4) is 0 Å². The van der Waals surface area contributed by atoms with Crippen LogP contribution in [0.5, 0.6) is 0 Å². The summed E-state index contributed by atoms with van der Waals surface area (Å²) < 4.78 is 0. The molecule has 0 rings (SSSR count). The zero-order valence-electron chi connectivity index (χ0n) is 10.1. The maximum Gasteiger partial charge on any atom is 0.00624 e. The van der Waals surface area contributed by atoms with Crippen LogP contribution in [0.4, 0.5) is 0 Å². The van der Waals surface area contributed by atoms with E-state index in [1.807, 2.05) is 20.9 Å². The molecule has 0 aromatic heterocycles. The van der Waals surface area contributed by atoms with Crippen molar-refractivity contribution in [3.05, 3.63) is 12.3 Å². The fourth-order valence-electron chi connectivity index (χ4n) is 1.28. The van der Waals surface area contributed by atoms with Crippen molar-refractivity contribution in [1.29, 1.82) is 0 Å². The summed E-state index contributed by atoms with van der Waals surface area (Å²) in [5.41, 5.74) is 1.20. The summed E-state index contributed by atoms with van der Waals surface area (Å²) in [5.74, 6) is 0.681. The lowest BCUT2D eigenvalue weighted by Crippen LogP contribution is -2.14. The molecule has 13 heavy (non-hydrogen) atoms. The molecular formula is C12H27N. The van der Waals surface area contributed by atoms with Crippen molar-refractivity contribution in [3.63, 3.8) is 0 Å². The maximum atomic E-state index is 3.99. The van der Waals surface area contributed by atoms with Crippen LogP contribution in [0, 0.1) is 5.92 Å². The molecule has 0 heterocycles. The molecule has 0 bridgehead atoms.